The van der Waals surface area contributed by atoms with Gasteiger partial charge in [0.15, 0.2) is 0 Å². The molecule has 5 nitrogen and oxygen atoms in total. The number of hydrogen-bond acceptors (Lipinski definition) is 6. The van der Waals surface area contributed by atoms with Crippen LogP contribution in [0.15, 0.2) is 34.2 Å². The third-order valence-electron chi connectivity index (χ3n) is 2.35. The highest BCUT2D eigenvalue weighted by molar-refractivity contribution is 8.04. The first-order valence-electron chi connectivity index (χ1n) is 5.88. The fourth-order valence-corrected chi connectivity index (χ4v) is 2.53. The Morgan fingerprint density at radius 1 is 1.20 bits per heavy atom. The standard InChI is InChI=1S/C14H19NO4S/c1-15(2)9-13(14(16)19-5)20-12-8-10(17-3)6-7-11(12)18-4/h6-9H,1-5H3/b13-9-. The van der Waals surface area contributed by atoms with E-state index in [0.717, 1.165) is 4.90 Å². The van der Waals surface area contributed by atoms with Gasteiger partial charge in [-0.1, -0.05) is 11.8 Å². The van der Waals surface area contributed by atoms with Crippen molar-refractivity contribution in [3.8, 4) is 11.5 Å². The average molecular weight is 297 g/mol. The van der Waals surface area contributed by atoms with Gasteiger partial charge in [-0.15, -0.1) is 0 Å². The van der Waals surface area contributed by atoms with Gasteiger partial charge >= 0.3 is 5.97 Å². The molecule has 0 aliphatic rings. The summed E-state index contributed by atoms with van der Waals surface area (Å²) >= 11 is 1.27. The summed E-state index contributed by atoms with van der Waals surface area (Å²) in [6, 6.07) is 5.41. The van der Waals surface area contributed by atoms with Crippen LogP contribution in [0.4, 0.5) is 0 Å². The van der Waals surface area contributed by atoms with Gasteiger partial charge in [-0.25, -0.2) is 4.79 Å². The minimum absolute atomic E-state index is 0.395. The Kier molecular flexibility index (Phi) is 6.24. The van der Waals surface area contributed by atoms with E-state index in [1.165, 1.54) is 18.9 Å². The van der Waals surface area contributed by atoms with Gasteiger partial charge in [-0.3, -0.25) is 0 Å². The Bertz CT molecular complexity index is 500. The number of hydrogen-bond donors (Lipinski definition) is 0. The first-order valence-corrected chi connectivity index (χ1v) is 6.70. The van der Waals surface area contributed by atoms with Gasteiger partial charge in [-0.2, -0.15) is 0 Å². The van der Waals surface area contributed by atoms with E-state index in [0.29, 0.717) is 16.4 Å². The zero-order chi connectivity index (χ0) is 15.1. The number of carbonyl (C=O) groups excluding carboxylic acids is 1. The largest absolute Gasteiger partial charge is 0.497 e. The maximum atomic E-state index is 11.8. The van der Waals surface area contributed by atoms with Crippen LogP contribution in [-0.2, 0) is 9.53 Å². The van der Waals surface area contributed by atoms with Crippen molar-refractivity contribution in [2.45, 2.75) is 4.90 Å². The summed E-state index contributed by atoms with van der Waals surface area (Å²) in [7, 11) is 8.21. The number of rotatable bonds is 6. The second-order valence-electron chi connectivity index (χ2n) is 4.07. The van der Waals surface area contributed by atoms with Crippen LogP contribution in [0, 0.1) is 0 Å². The lowest BCUT2D eigenvalue weighted by molar-refractivity contribution is -0.135. The highest BCUT2D eigenvalue weighted by Gasteiger charge is 2.15. The summed E-state index contributed by atoms with van der Waals surface area (Å²) < 4.78 is 15.3. The number of nitrogens with zero attached hydrogens (tertiary/aromatic N) is 1. The maximum Gasteiger partial charge on any atom is 0.346 e. The van der Waals surface area contributed by atoms with E-state index >= 15 is 0 Å². The van der Waals surface area contributed by atoms with Crippen LogP contribution in [0.5, 0.6) is 11.5 Å². The molecule has 0 heterocycles. The summed E-state index contributed by atoms with van der Waals surface area (Å²) in [6.45, 7) is 0. The second-order valence-corrected chi connectivity index (χ2v) is 5.15. The predicted molar refractivity (Wildman–Crippen MR) is 79.2 cm³/mol. The topological polar surface area (TPSA) is 48.0 Å². The van der Waals surface area contributed by atoms with Crippen molar-refractivity contribution in [3.63, 3.8) is 0 Å². The number of methoxy groups -OCH3 is 3. The molecule has 1 rings (SSSR count). The number of carbonyl (C=O) groups is 1. The molecule has 1 aromatic rings. The number of thioether (sulfide) groups is 1. The molecular weight excluding hydrogens is 278 g/mol. The van der Waals surface area contributed by atoms with E-state index in [1.807, 2.05) is 20.2 Å². The van der Waals surface area contributed by atoms with E-state index in [9.17, 15) is 4.79 Å². The monoisotopic (exact) mass is 297 g/mol. The highest BCUT2D eigenvalue weighted by Crippen LogP contribution is 2.37. The van der Waals surface area contributed by atoms with Crippen molar-refractivity contribution in [1.29, 1.82) is 0 Å². The summed E-state index contributed by atoms with van der Waals surface area (Å²) in [5.41, 5.74) is 0. The summed E-state index contributed by atoms with van der Waals surface area (Å²) in [4.78, 5) is 14.8. The molecule has 6 heteroatoms. The van der Waals surface area contributed by atoms with Crippen molar-refractivity contribution in [2.75, 3.05) is 35.4 Å². The lowest BCUT2D eigenvalue weighted by Crippen LogP contribution is -2.09. The number of benzene rings is 1. The second kappa shape index (κ2) is 7.69. The third-order valence-corrected chi connectivity index (χ3v) is 3.38. The van der Waals surface area contributed by atoms with Crippen molar-refractivity contribution < 1.29 is 19.0 Å². The first kappa shape index (κ1) is 16.2. The molecule has 0 saturated heterocycles. The molecule has 0 fully saturated rings. The maximum absolute atomic E-state index is 11.8. The lowest BCUT2D eigenvalue weighted by atomic mass is 10.3. The molecule has 0 bridgehead atoms. The van der Waals surface area contributed by atoms with Crippen molar-refractivity contribution >= 4 is 17.7 Å². The Balaban J connectivity index is 3.12. The van der Waals surface area contributed by atoms with Crippen LogP contribution < -0.4 is 9.47 Å². The first-order chi connectivity index (χ1) is 9.51. The summed E-state index contributed by atoms with van der Waals surface area (Å²) in [6.07, 6.45) is 1.70. The van der Waals surface area contributed by atoms with E-state index in [-0.39, 0.29) is 0 Å². The van der Waals surface area contributed by atoms with Gasteiger partial charge in [-0.05, 0) is 18.2 Å². The molecule has 0 spiro atoms. The van der Waals surface area contributed by atoms with Crippen LogP contribution >= 0.6 is 11.8 Å². The molecule has 0 N–H and O–H groups in total. The fourth-order valence-electron chi connectivity index (χ4n) is 1.44. The molecule has 0 saturated carbocycles. The van der Waals surface area contributed by atoms with E-state index < -0.39 is 5.97 Å². The molecule has 0 atom stereocenters. The molecular formula is C14H19NO4S. The molecule has 0 aliphatic heterocycles. The molecule has 20 heavy (non-hydrogen) atoms. The molecule has 0 amide bonds. The van der Waals surface area contributed by atoms with E-state index in [4.69, 9.17) is 14.2 Å². The smallest absolute Gasteiger partial charge is 0.346 e. The SMILES string of the molecule is COC(=O)/C(=C/N(C)C)Sc1cc(OC)ccc1OC. The van der Waals surface area contributed by atoms with Gasteiger partial charge in [0.1, 0.15) is 16.4 Å². The van der Waals surface area contributed by atoms with Crippen LogP contribution in [0.1, 0.15) is 0 Å². The van der Waals surface area contributed by atoms with E-state index in [1.54, 1.807) is 37.5 Å². The molecule has 0 aliphatic carbocycles. The van der Waals surface area contributed by atoms with Crippen molar-refractivity contribution in [2.24, 2.45) is 0 Å². The number of esters is 1. The lowest BCUT2D eigenvalue weighted by Gasteiger charge is -2.13. The molecule has 110 valence electrons. The van der Waals surface area contributed by atoms with Crippen molar-refractivity contribution in [1.82, 2.24) is 4.90 Å². The Morgan fingerprint density at radius 2 is 1.90 bits per heavy atom. The highest BCUT2D eigenvalue weighted by atomic mass is 32.2. The van der Waals surface area contributed by atoms with Crippen LogP contribution in [0.25, 0.3) is 0 Å². The zero-order valence-electron chi connectivity index (χ0n) is 12.3. The van der Waals surface area contributed by atoms with Gasteiger partial charge in [0.25, 0.3) is 0 Å². The molecule has 0 unspecified atom stereocenters. The Labute approximate surface area is 123 Å². The molecule has 0 aromatic heterocycles. The van der Waals surface area contributed by atoms with E-state index in [2.05, 4.69) is 0 Å². The van der Waals surface area contributed by atoms with Gasteiger partial charge < -0.3 is 19.1 Å². The number of ether oxygens (including phenoxy) is 3. The van der Waals surface area contributed by atoms with Crippen LogP contribution in [0.3, 0.4) is 0 Å². The van der Waals surface area contributed by atoms with Crippen LogP contribution in [-0.4, -0.2) is 46.3 Å². The average Bonchev–Trinajstić information content (AvgIpc) is 2.45. The minimum Gasteiger partial charge on any atom is -0.497 e. The summed E-state index contributed by atoms with van der Waals surface area (Å²) in [5.74, 6) is 0.973. The minimum atomic E-state index is -0.395. The Morgan fingerprint density at radius 3 is 2.40 bits per heavy atom. The normalized spacial score (nSPS) is 10.9. The predicted octanol–water partition coefficient (Wildman–Crippen LogP) is 2.37. The molecule has 1 aromatic carbocycles. The Hall–Kier alpha value is -1.82. The van der Waals surface area contributed by atoms with Gasteiger partial charge in [0.05, 0.1) is 26.2 Å². The zero-order valence-corrected chi connectivity index (χ0v) is 13.1. The molecule has 0 radical (unpaired) electrons. The third kappa shape index (κ3) is 4.38. The fraction of sp³-hybridized carbons (Fsp3) is 0.357. The quantitative estimate of drug-likeness (QED) is 0.456. The van der Waals surface area contributed by atoms with Crippen molar-refractivity contribution in [3.05, 3.63) is 29.3 Å². The van der Waals surface area contributed by atoms with Crippen LogP contribution in [0.2, 0.25) is 0 Å². The van der Waals surface area contributed by atoms with Gasteiger partial charge in [0.2, 0.25) is 0 Å². The van der Waals surface area contributed by atoms with Gasteiger partial charge in [0, 0.05) is 20.3 Å². The summed E-state index contributed by atoms with van der Waals surface area (Å²) in [5, 5.41) is 0.